The highest BCUT2D eigenvalue weighted by Crippen LogP contribution is 2.38. The number of phenolic OH excluding ortho intramolecular Hbond substituents is 1. The number of hydrogen-bond donors (Lipinski definition) is 2. The van der Waals surface area contributed by atoms with E-state index in [1.54, 1.807) is 18.2 Å². The van der Waals surface area contributed by atoms with Gasteiger partial charge < -0.3 is 20.2 Å². The quantitative estimate of drug-likeness (QED) is 0.834. The maximum Gasteiger partial charge on any atom is 0.172 e. The van der Waals surface area contributed by atoms with E-state index in [0.29, 0.717) is 22.3 Å². The van der Waals surface area contributed by atoms with Crippen LogP contribution in [0.5, 0.6) is 5.75 Å². The molecule has 0 aliphatic carbocycles. The van der Waals surface area contributed by atoms with Crippen LogP contribution in [0.15, 0.2) is 24.3 Å². The molecule has 0 amide bonds. The summed E-state index contributed by atoms with van der Waals surface area (Å²) >= 11 is 6.01. The number of nitrogens with one attached hydrogen (secondary N) is 1. The summed E-state index contributed by atoms with van der Waals surface area (Å²) in [6.07, 6.45) is 0. The smallest absolute Gasteiger partial charge is 0.172 e. The Morgan fingerprint density at radius 3 is 3.04 bits per heavy atom. The molecule has 0 radical (unpaired) electrons. The van der Waals surface area contributed by atoms with Crippen molar-refractivity contribution in [2.75, 3.05) is 43.4 Å². The summed E-state index contributed by atoms with van der Waals surface area (Å²) in [4.78, 5) is 4.72. The first-order valence-electron chi connectivity index (χ1n) is 7.68. The molecule has 2 aliphatic heterocycles. The Hall–Kier alpha value is -2.05. The molecule has 0 saturated carbocycles. The van der Waals surface area contributed by atoms with E-state index in [1.807, 2.05) is 6.07 Å². The monoisotopic (exact) mass is 331 g/mol. The molecular formula is C16H18ClN5O. The van der Waals surface area contributed by atoms with Gasteiger partial charge in [-0.05, 0) is 25.2 Å². The Kier molecular flexibility index (Phi) is 3.50. The van der Waals surface area contributed by atoms with Crippen molar-refractivity contribution in [1.82, 2.24) is 15.1 Å². The van der Waals surface area contributed by atoms with E-state index in [1.165, 1.54) is 0 Å². The summed E-state index contributed by atoms with van der Waals surface area (Å²) < 4.78 is 0. The Labute approximate surface area is 139 Å². The van der Waals surface area contributed by atoms with Crippen molar-refractivity contribution >= 4 is 23.1 Å². The Morgan fingerprint density at radius 1 is 1.30 bits per heavy atom. The van der Waals surface area contributed by atoms with Crippen molar-refractivity contribution in [2.45, 2.75) is 6.04 Å². The topological polar surface area (TPSA) is 64.5 Å². The highest BCUT2D eigenvalue weighted by molar-refractivity contribution is 6.32. The predicted octanol–water partition coefficient (Wildman–Crippen LogP) is 2.05. The molecule has 1 aromatic heterocycles. The van der Waals surface area contributed by atoms with E-state index in [0.717, 1.165) is 37.7 Å². The van der Waals surface area contributed by atoms with Crippen LogP contribution in [0, 0.1) is 0 Å². The minimum atomic E-state index is 0.0436. The molecule has 0 bridgehead atoms. The third kappa shape index (κ3) is 2.48. The number of phenols is 1. The third-order valence-corrected chi connectivity index (χ3v) is 4.84. The van der Waals surface area contributed by atoms with Crippen molar-refractivity contribution < 1.29 is 5.11 Å². The maximum absolute atomic E-state index is 10.2. The molecular weight excluding hydrogens is 314 g/mol. The fraction of sp³-hybridized carbons (Fsp3) is 0.375. The number of piperazine rings is 1. The Morgan fingerprint density at radius 2 is 2.17 bits per heavy atom. The second kappa shape index (κ2) is 5.54. The molecule has 2 aliphatic rings. The van der Waals surface area contributed by atoms with Gasteiger partial charge in [-0.25, -0.2) is 0 Å². The van der Waals surface area contributed by atoms with Gasteiger partial charge in [0.2, 0.25) is 0 Å². The van der Waals surface area contributed by atoms with Gasteiger partial charge in [-0.15, -0.1) is 10.2 Å². The molecule has 0 spiro atoms. The van der Waals surface area contributed by atoms with Gasteiger partial charge in [0.1, 0.15) is 5.75 Å². The number of anilines is 2. The Bertz CT molecular complexity index is 753. The number of nitrogens with zero attached hydrogens (tertiary/aromatic N) is 4. The average Bonchev–Trinajstić information content (AvgIpc) is 2.56. The van der Waals surface area contributed by atoms with Gasteiger partial charge >= 0.3 is 0 Å². The van der Waals surface area contributed by atoms with Crippen molar-refractivity contribution in [2.24, 2.45) is 0 Å². The van der Waals surface area contributed by atoms with Gasteiger partial charge in [0, 0.05) is 31.7 Å². The number of para-hydroxylation sites is 1. The summed E-state index contributed by atoms with van der Waals surface area (Å²) in [5.74, 6) is 0.846. The van der Waals surface area contributed by atoms with Gasteiger partial charge in [-0.2, -0.15) is 0 Å². The fourth-order valence-electron chi connectivity index (χ4n) is 3.30. The van der Waals surface area contributed by atoms with Crippen LogP contribution in [0.3, 0.4) is 0 Å². The molecule has 0 unspecified atom stereocenters. The minimum Gasteiger partial charge on any atom is -0.506 e. The number of hydrogen-bond acceptors (Lipinski definition) is 6. The first kappa shape index (κ1) is 14.5. The highest BCUT2D eigenvalue weighted by Gasteiger charge is 2.31. The Balaban J connectivity index is 1.76. The lowest BCUT2D eigenvalue weighted by Gasteiger charge is -2.44. The van der Waals surface area contributed by atoms with Crippen LogP contribution in [0.2, 0.25) is 5.02 Å². The summed E-state index contributed by atoms with van der Waals surface area (Å²) in [7, 11) is 2.15. The van der Waals surface area contributed by atoms with Crippen LogP contribution >= 0.6 is 11.6 Å². The van der Waals surface area contributed by atoms with Crippen LogP contribution < -0.4 is 10.2 Å². The molecule has 3 heterocycles. The summed E-state index contributed by atoms with van der Waals surface area (Å²) in [6, 6.07) is 7.67. The second-order valence-corrected chi connectivity index (χ2v) is 6.50. The number of benzene rings is 1. The lowest BCUT2D eigenvalue weighted by atomic mass is 10.1. The van der Waals surface area contributed by atoms with Gasteiger partial charge in [0.15, 0.2) is 5.82 Å². The van der Waals surface area contributed by atoms with Crippen LogP contribution in [-0.2, 0) is 0 Å². The van der Waals surface area contributed by atoms with Crippen molar-refractivity contribution in [1.29, 1.82) is 0 Å². The van der Waals surface area contributed by atoms with Gasteiger partial charge in [0.05, 0.1) is 22.4 Å². The van der Waals surface area contributed by atoms with Gasteiger partial charge in [-0.1, -0.05) is 17.7 Å². The molecule has 6 nitrogen and oxygen atoms in total. The fourth-order valence-corrected chi connectivity index (χ4v) is 3.47. The molecule has 2 aromatic rings. The van der Waals surface area contributed by atoms with Crippen LogP contribution in [-0.4, -0.2) is 59.5 Å². The lowest BCUT2D eigenvalue weighted by Crippen LogP contribution is -2.56. The van der Waals surface area contributed by atoms with E-state index >= 15 is 0 Å². The molecule has 1 atom stereocenters. The van der Waals surface area contributed by atoms with E-state index < -0.39 is 0 Å². The van der Waals surface area contributed by atoms with Gasteiger partial charge in [-0.3, -0.25) is 0 Å². The SMILES string of the molecule is CN1CCN2c3cc(-c4cccc(Cl)c4O)nnc3NC[C@H]2C1. The average molecular weight is 332 g/mol. The third-order valence-electron chi connectivity index (χ3n) is 4.54. The van der Waals surface area contributed by atoms with Crippen molar-refractivity contribution in [3.8, 4) is 17.0 Å². The van der Waals surface area contributed by atoms with E-state index in [4.69, 9.17) is 11.6 Å². The normalized spacial score (nSPS) is 20.6. The number of likely N-dealkylation sites (N-methyl/N-ethyl adjacent to an activating group) is 1. The molecule has 23 heavy (non-hydrogen) atoms. The standard InChI is InChI=1S/C16H18ClN5O/c1-21-5-6-22-10(9-21)8-18-16-14(22)7-13(19-20-16)11-3-2-4-12(17)15(11)23/h2-4,7,10,23H,5-6,8-9H2,1H3,(H,18,20)/t10-/m0/s1. The molecule has 7 heteroatoms. The summed E-state index contributed by atoms with van der Waals surface area (Å²) in [5.41, 5.74) is 2.27. The van der Waals surface area contributed by atoms with Crippen molar-refractivity contribution in [3.05, 3.63) is 29.3 Å². The van der Waals surface area contributed by atoms with E-state index in [-0.39, 0.29) is 5.75 Å². The first-order chi connectivity index (χ1) is 11.1. The molecule has 120 valence electrons. The van der Waals surface area contributed by atoms with Gasteiger partial charge in [0.25, 0.3) is 0 Å². The molecule has 1 fully saturated rings. The van der Waals surface area contributed by atoms with Crippen LogP contribution in [0.25, 0.3) is 11.3 Å². The van der Waals surface area contributed by atoms with E-state index in [9.17, 15) is 5.11 Å². The predicted molar refractivity (Wildman–Crippen MR) is 91.3 cm³/mol. The largest absolute Gasteiger partial charge is 0.506 e. The lowest BCUT2D eigenvalue weighted by molar-refractivity contribution is 0.269. The number of aromatic hydroxyl groups is 1. The zero-order chi connectivity index (χ0) is 16.0. The number of halogens is 1. The van der Waals surface area contributed by atoms with Crippen LogP contribution in [0.1, 0.15) is 0 Å². The van der Waals surface area contributed by atoms with Crippen molar-refractivity contribution in [3.63, 3.8) is 0 Å². The molecule has 1 saturated heterocycles. The van der Waals surface area contributed by atoms with E-state index in [2.05, 4.69) is 32.4 Å². The number of aromatic nitrogens is 2. The molecule has 1 aromatic carbocycles. The maximum atomic E-state index is 10.2. The minimum absolute atomic E-state index is 0.0436. The summed E-state index contributed by atoms with van der Waals surface area (Å²) in [6.45, 7) is 3.87. The second-order valence-electron chi connectivity index (χ2n) is 6.09. The zero-order valence-corrected chi connectivity index (χ0v) is 13.6. The molecule has 4 rings (SSSR count). The highest BCUT2D eigenvalue weighted by atomic mass is 35.5. The first-order valence-corrected chi connectivity index (χ1v) is 8.06. The number of rotatable bonds is 1. The molecule has 2 N–H and O–H groups in total. The zero-order valence-electron chi connectivity index (χ0n) is 12.8. The summed E-state index contributed by atoms with van der Waals surface area (Å²) in [5, 5.41) is 22.4. The van der Waals surface area contributed by atoms with Crippen LogP contribution in [0.4, 0.5) is 11.5 Å². The number of fused-ring (bicyclic) bond motifs is 3.